The lowest BCUT2D eigenvalue weighted by molar-refractivity contribution is 0.101. The molecule has 1 aromatic carbocycles. The Kier molecular flexibility index (Phi) is 3.25. The van der Waals surface area contributed by atoms with Crippen LogP contribution >= 0.6 is 11.6 Å². The van der Waals surface area contributed by atoms with Crippen LogP contribution in [-0.4, -0.2) is 15.7 Å². The SMILES string of the molecule is Cc1cc(C(=O)Nc2ccc(Cl)c(N)c2)n(C)n1. The molecule has 1 heterocycles. The molecule has 0 saturated heterocycles. The van der Waals surface area contributed by atoms with Crippen LogP contribution in [0.25, 0.3) is 0 Å². The average Bonchev–Trinajstić information content (AvgIpc) is 2.63. The zero-order chi connectivity index (χ0) is 13.3. The maximum atomic E-state index is 12.0. The van der Waals surface area contributed by atoms with E-state index < -0.39 is 0 Å². The Balaban J connectivity index is 2.21. The van der Waals surface area contributed by atoms with Crippen LogP contribution in [0.4, 0.5) is 11.4 Å². The Labute approximate surface area is 110 Å². The van der Waals surface area contributed by atoms with Gasteiger partial charge in [0, 0.05) is 12.7 Å². The van der Waals surface area contributed by atoms with E-state index in [0.29, 0.717) is 22.1 Å². The summed E-state index contributed by atoms with van der Waals surface area (Å²) in [6.07, 6.45) is 0. The molecule has 0 aliphatic heterocycles. The van der Waals surface area contributed by atoms with E-state index in [-0.39, 0.29) is 5.91 Å². The van der Waals surface area contributed by atoms with E-state index in [2.05, 4.69) is 10.4 Å². The number of carbonyl (C=O) groups excluding carboxylic acids is 1. The van der Waals surface area contributed by atoms with Gasteiger partial charge in [0.2, 0.25) is 0 Å². The monoisotopic (exact) mass is 264 g/mol. The predicted molar refractivity (Wildman–Crippen MR) is 71.8 cm³/mol. The van der Waals surface area contributed by atoms with Crippen LogP contribution < -0.4 is 11.1 Å². The van der Waals surface area contributed by atoms with Crippen LogP contribution in [0.15, 0.2) is 24.3 Å². The van der Waals surface area contributed by atoms with Crippen LogP contribution in [-0.2, 0) is 7.05 Å². The summed E-state index contributed by atoms with van der Waals surface area (Å²) in [4.78, 5) is 12.0. The molecule has 0 radical (unpaired) electrons. The Morgan fingerprint density at radius 2 is 2.17 bits per heavy atom. The highest BCUT2D eigenvalue weighted by Crippen LogP contribution is 2.22. The highest BCUT2D eigenvalue weighted by Gasteiger charge is 2.12. The standard InChI is InChI=1S/C12H13ClN4O/c1-7-5-11(17(2)16-7)12(18)15-8-3-4-9(13)10(14)6-8/h3-6H,14H2,1-2H3,(H,15,18). The van der Waals surface area contributed by atoms with Crippen LogP contribution in [0.2, 0.25) is 5.02 Å². The fraction of sp³-hybridized carbons (Fsp3) is 0.167. The van der Waals surface area contributed by atoms with Gasteiger partial charge >= 0.3 is 0 Å². The third-order valence-electron chi connectivity index (χ3n) is 2.49. The summed E-state index contributed by atoms with van der Waals surface area (Å²) in [5.41, 5.74) is 7.97. The number of anilines is 2. The van der Waals surface area contributed by atoms with Gasteiger partial charge in [0.25, 0.3) is 5.91 Å². The number of nitrogens with zero attached hydrogens (tertiary/aromatic N) is 2. The molecular formula is C12H13ClN4O. The number of nitrogen functional groups attached to an aromatic ring is 1. The highest BCUT2D eigenvalue weighted by atomic mass is 35.5. The summed E-state index contributed by atoms with van der Waals surface area (Å²) >= 11 is 5.81. The lowest BCUT2D eigenvalue weighted by Crippen LogP contribution is -2.16. The fourth-order valence-corrected chi connectivity index (χ4v) is 1.76. The molecule has 5 nitrogen and oxygen atoms in total. The number of hydrogen-bond donors (Lipinski definition) is 2. The van der Waals surface area contributed by atoms with Gasteiger partial charge in [-0.3, -0.25) is 9.48 Å². The van der Waals surface area contributed by atoms with E-state index in [9.17, 15) is 4.79 Å². The molecule has 3 N–H and O–H groups in total. The molecule has 6 heteroatoms. The van der Waals surface area contributed by atoms with E-state index in [1.165, 1.54) is 4.68 Å². The summed E-state index contributed by atoms with van der Waals surface area (Å²) in [6, 6.07) is 6.67. The van der Waals surface area contributed by atoms with Crippen molar-refractivity contribution in [1.29, 1.82) is 0 Å². The third-order valence-corrected chi connectivity index (χ3v) is 2.83. The van der Waals surface area contributed by atoms with Crippen LogP contribution in [0.5, 0.6) is 0 Å². The Hall–Kier alpha value is -2.01. The topological polar surface area (TPSA) is 72.9 Å². The lowest BCUT2D eigenvalue weighted by Gasteiger charge is -2.06. The summed E-state index contributed by atoms with van der Waals surface area (Å²) in [7, 11) is 1.72. The molecule has 0 spiro atoms. The van der Waals surface area contributed by atoms with Crippen LogP contribution in [0.1, 0.15) is 16.2 Å². The highest BCUT2D eigenvalue weighted by molar-refractivity contribution is 6.33. The number of rotatable bonds is 2. The van der Waals surface area contributed by atoms with Crippen molar-refractivity contribution in [1.82, 2.24) is 9.78 Å². The molecule has 2 rings (SSSR count). The second-order valence-electron chi connectivity index (χ2n) is 3.98. The number of nitrogens with one attached hydrogen (secondary N) is 1. The van der Waals surface area contributed by atoms with E-state index >= 15 is 0 Å². The molecule has 2 aromatic rings. The first kappa shape index (κ1) is 12.4. The Bertz CT molecular complexity index is 606. The molecule has 0 bridgehead atoms. The van der Waals surface area contributed by atoms with Gasteiger partial charge in [0.05, 0.1) is 16.4 Å². The molecule has 94 valence electrons. The number of amides is 1. The first-order valence-electron chi connectivity index (χ1n) is 5.34. The van der Waals surface area contributed by atoms with Crippen molar-refractivity contribution in [2.75, 3.05) is 11.1 Å². The Morgan fingerprint density at radius 1 is 1.44 bits per heavy atom. The van der Waals surface area contributed by atoms with Gasteiger partial charge in [-0.1, -0.05) is 11.6 Å². The number of nitrogens with two attached hydrogens (primary N) is 1. The maximum Gasteiger partial charge on any atom is 0.273 e. The summed E-state index contributed by atoms with van der Waals surface area (Å²) in [5, 5.41) is 7.32. The molecule has 1 amide bonds. The van der Waals surface area contributed by atoms with Gasteiger partial charge in [0.1, 0.15) is 5.69 Å². The average molecular weight is 265 g/mol. The zero-order valence-electron chi connectivity index (χ0n) is 10.1. The summed E-state index contributed by atoms with van der Waals surface area (Å²) < 4.78 is 1.53. The number of halogens is 1. The molecule has 0 saturated carbocycles. The Morgan fingerprint density at radius 3 is 2.72 bits per heavy atom. The predicted octanol–water partition coefficient (Wildman–Crippen LogP) is 2.22. The second kappa shape index (κ2) is 4.70. The number of benzene rings is 1. The molecule has 0 aliphatic rings. The van der Waals surface area contributed by atoms with Gasteiger partial charge < -0.3 is 11.1 Å². The summed E-state index contributed by atoms with van der Waals surface area (Å²) in [5.74, 6) is -0.236. The summed E-state index contributed by atoms with van der Waals surface area (Å²) in [6.45, 7) is 1.83. The van der Waals surface area contributed by atoms with Crippen molar-refractivity contribution >= 4 is 28.9 Å². The minimum atomic E-state index is -0.236. The molecule has 1 aromatic heterocycles. The number of aromatic nitrogens is 2. The second-order valence-corrected chi connectivity index (χ2v) is 4.39. The van der Waals surface area contributed by atoms with E-state index in [1.54, 1.807) is 31.3 Å². The number of carbonyl (C=O) groups is 1. The van der Waals surface area contributed by atoms with E-state index in [4.69, 9.17) is 17.3 Å². The molecule has 0 fully saturated rings. The number of aryl methyl sites for hydroxylation is 2. The normalized spacial score (nSPS) is 10.4. The molecule has 0 aliphatic carbocycles. The van der Waals surface area contributed by atoms with Crippen molar-refractivity contribution < 1.29 is 4.79 Å². The van der Waals surface area contributed by atoms with Crippen LogP contribution in [0.3, 0.4) is 0 Å². The van der Waals surface area contributed by atoms with Gasteiger partial charge in [-0.05, 0) is 31.2 Å². The molecular weight excluding hydrogens is 252 g/mol. The van der Waals surface area contributed by atoms with E-state index in [1.807, 2.05) is 6.92 Å². The van der Waals surface area contributed by atoms with Crippen molar-refractivity contribution in [2.45, 2.75) is 6.92 Å². The largest absolute Gasteiger partial charge is 0.397 e. The smallest absolute Gasteiger partial charge is 0.273 e. The van der Waals surface area contributed by atoms with Crippen molar-refractivity contribution in [2.24, 2.45) is 7.05 Å². The number of hydrogen-bond acceptors (Lipinski definition) is 3. The molecule has 18 heavy (non-hydrogen) atoms. The third kappa shape index (κ3) is 2.46. The van der Waals surface area contributed by atoms with Crippen molar-refractivity contribution in [3.63, 3.8) is 0 Å². The van der Waals surface area contributed by atoms with Gasteiger partial charge in [-0.2, -0.15) is 5.10 Å². The van der Waals surface area contributed by atoms with Crippen molar-refractivity contribution in [3.8, 4) is 0 Å². The fourth-order valence-electron chi connectivity index (χ4n) is 1.64. The van der Waals surface area contributed by atoms with Gasteiger partial charge in [-0.15, -0.1) is 0 Å². The molecule has 0 atom stereocenters. The minimum absolute atomic E-state index is 0.236. The van der Waals surface area contributed by atoms with Gasteiger partial charge in [-0.25, -0.2) is 0 Å². The first-order valence-corrected chi connectivity index (χ1v) is 5.72. The van der Waals surface area contributed by atoms with Gasteiger partial charge in [0.15, 0.2) is 0 Å². The maximum absolute atomic E-state index is 12.0. The molecule has 0 unspecified atom stereocenters. The first-order chi connectivity index (χ1) is 8.47. The minimum Gasteiger partial charge on any atom is -0.397 e. The van der Waals surface area contributed by atoms with Crippen molar-refractivity contribution in [3.05, 3.63) is 40.7 Å². The van der Waals surface area contributed by atoms with E-state index in [0.717, 1.165) is 5.69 Å². The van der Waals surface area contributed by atoms with Crippen LogP contribution in [0, 0.1) is 6.92 Å². The zero-order valence-corrected chi connectivity index (χ0v) is 10.8. The lowest BCUT2D eigenvalue weighted by atomic mass is 10.2. The quantitative estimate of drug-likeness (QED) is 0.817.